The molecule has 0 amide bonds. The summed E-state index contributed by atoms with van der Waals surface area (Å²) in [5.41, 5.74) is 0.221. The van der Waals surface area contributed by atoms with E-state index in [1.54, 1.807) is 18.2 Å². The maximum atomic E-state index is 12.1. The third kappa shape index (κ3) is 3.45. The zero-order valence-corrected chi connectivity index (χ0v) is 8.31. The first-order valence-corrected chi connectivity index (χ1v) is 4.52. The van der Waals surface area contributed by atoms with E-state index in [9.17, 15) is 13.2 Å². The Kier molecular flexibility index (Phi) is 3.59. The molecule has 0 aliphatic heterocycles. The number of rotatable bonds is 2. The summed E-state index contributed by atoms with van der Waals surface area (Å²) in [6, 6.07) is 7.68. The van der Waals surface area contributed by atoms with Crippen molar-refractivity contribution in [3.05, 3.63) is 34.9 Å². The molecule has 1 aromatic carbocycles. The van der Waals surface area contributed by atoms with Gasteiger partial charge in [-0.3, -0.25) is 0 Å². The first-order chi connectivity index (χ1) is 6.94. The molecule has 0 aromatic heterocycles. The SMILES string of the molecule is N#C[C@@H](CC(F)(F)F)c1ccccc1Cl. The van der Waals surface area contributed by atoms with Crippen molar-refractivity contribution in [2.45, 2.75) is 18.5 Å². The van der Waals surface area contributed by atoms with Gasteiger partial charge in [0.15, 0.2) is 0 Å². The Morgan fingerprint density at radius 2 is 1.93 bits per heavy atom. The van der Waals surface area contributed by atoms with E-state index in [0.717, 1.165) is 0 Å². The first-order valence-electron chi connectivity index (χ1n) is 4.15. The van der Waals surface area contributed by atoms with Crippen LogP contribution in [0, 0.1) is 11.3 Å². The molecule has 0 saturated carbocycles. The predicted molar refractivity (Wildman–Crippen MR) is 50.5 cm³/mol. The standard InChI is InChI=1S/C10H7ClF3N/c11-9-4-2-1-3-8(9)7(6-15)5-10(12,13)14/h1-4,7H,5H2/t7-/m1/s1. The molecule has 80 valence electrons. The largest absolute Gasteiger partial charge is 0.390 e. The van der Waals surface area contributed by atoms with Crippen LogP contribution in [0.5, 0.6) is 0 Å². The molecule has 0 bridgehead atoms. The van der Waals surface area contributed by atoms with E-state index in [1.165, 1.54) is 12.1 Å². The Bertz CT molecular complexity index is 381. The van der Waals surface area contributed by atoms with Gasteiger partial charge >= 0.3 is 6.18 Å². The normalized spacial score (nSPS) is 13.3. The van der Waals surface area contributed by atoms with Gasteiger partial charge in [-0.05, 0) is 11.6 Å². The van der Waals surface area contributed by atoms with Gasteiger partial charge in [0.2, 0.25) is 0 Å². The second kappa shape index (κ2) is 4.54. The molecule has 1 rings (SSSR count). The molecular weight excluding hydrogens is 227 g/mol. The van der Waals surface area contributed by atoms with Crippen molar-refractivity contribution >= 4 is 11.6 Å². The first kappa shape index (κ1) is 11.9. The van der Waals surface area contributed by atoms with Gasteiger partial charge in [-0.2, -0.15) is 18.4 Å². The third-order valence-corrected chi connectivity index (χ3v) is 2.22. The summed E-state index contributed by atoms with van der Waals surface area (Å²) in [4.78, 5) is 0. The summed E-state index contributed by atoms with van der Waals surface area (Å²) in [5, 5.41) is 8.85. The van der Waals surface area contributed by atoms with E-state index >= 15 is 0 Å². The molecule has 0 saturated heterocycles. The van der Waals surface area contributed by atoms with Crippen LogP contribution in [0.2, 0.25) is 5.02 Å². The number of nitrogens with zero attached hydrogens (tertiary/aromatic N) is 1. The Balaban J connectivity index is 2.95. The number of benzene rings is 1. The highest BCUT2D eigenvalue weighted by molar-refractivity contribution is 6.31. The predicted octanol–water partition coefficient (Wildman–Crippen LogP) is 3.90. The average molecular weight is 234 g/mol. The van der Waals surface area contributed by atoms with Gasteiger partial charge in [-0.1, -0.05) is 29.8 Å². The number of halogens is 4. The second-order valence-corrected chi connectivity index (χ2v) is 3.43. The van der Waals surface area contributed by atoms with Gasteiger partial charge in [0.05, 0.1) is 18.4 Å². The van der Waals surface area contributed by atoms with Crippen molar-refractivity contribution < 1.29 is 13.2 Å². The summed E-state index contributed by atoms with van der Waals surface area (Å²) >= 11 is 5.71. The lowest BCUT2D eigenvalue weighted by Gasteiger charge is -2.13. The summed E-state index contributed by atoms with van der Waals surface area (Å²) in [5.74, 6) is -1.24. The molecular formula is C10H7ClF3N. The van der Waals surface area contributed by atoms with Crippen LogP contribution in [-0.4, -0.2) is 6.18 Å². The fourth-order valence-electron chi connectivity index (χ4n) is 1.21. The fraction of sp³-hybridized carbons (Fsp3) is 0.300. The topological polar surface area (TPSA) is 23.8 Å². The molecule has 15 heavy (non-hydrogen) atoms. The zero-order chi connectivity index (χ0) is 11.5. The number of nitriles is 1. The molecule has 0 fully saturated rings. The molecule has 0 aliphatic carbocycles. The summed E-state index contributed by atoms with van der Waals surface area (Å²) in [6.45, 7) is 0. The van der Waals surface area contributed by atoms with Crippen molar-refractivity contribution in [1.82, 2.24) is 0 Å². The van der Waals surface area contributed by atoms with Gasteiger partial charge in [0.25, 0.3) is 0 Å². The highest BCUT2D eigenvalue weighted by atomic mass is 35.5. The Morgan fingerprint density at radius 1 is 1.33 bits per heavy atom. The minimum absolute atomic E-state index is 0.188. The Hall–Kier alpha value is -1.21. The van der Waals surface area contributed by atoms with Crippen molar-refractivity contribution in [1.29, 1.82) is 5.26 Å². The van der Waals surface area contributed by atoms with Gasteiger partial charge in [0.1, 0.15) is 0 Å². The second-order valence-electron chi connectivity index (χ2n) is 3.02. The maximum Gasteiger partial charge on any atom is 0.390 e. The minimum Gasteiger partial charge on any atom is -0.198 e. The molecule has 0 aliphatic rings. The van der Waals surface area contributed by atoms with Gasteiger partial charge in [-0.25, -0.2) is 0 Å². The molecule has 0 unspecified atom stereocenters. The van der Waals surface area contributed by atoms with Gasteiger partial charge in [-0.15, -0.1) is 0 Å². The smallest absolute Gasteiger partial charge is 0.198 e. The van der Waals surface area contributed by atoms with Gasteiger partial charge < -0.3 is 0 Å². The maximum absolute atomic E-state index is 12.1. The molecule has 1 atom stereocenters. The highest BCUT2D eigenvalue weighted by Crippen LogP contribution is 2.33. The lowest BCUT2D eigenvalue weighted by Crippen LogP contribution is -2.13. The van der Waals surface area contributed by atoms with Crippen LogP contribution < -0.4 is 0 Å². The van der Waals surface area contributed by atoms with E-state index in [4.69, 9.17) is 16.9 Å². The number of hydrogen-bond donors (Lipinski definition) is 0. The lowest BCUT2D eigenvalue weighted by molar-refractivity contribution is -0.136. The quantitative estimate of drug-likeness (QED) is 0.760. The van der Waals surface area contributed by atoms with Gasteiger partial charge in [0, 0.05) is 5.02 Å². The highest BCUT2D eigenvalue weighted by Gasteiger charge is 2.33. The molecule has 1 nitrogen and oxygen atoms in total. The van der Waals surface area contributed by atoms with Crippen molar-refractivity contribution in [2.24, 2.45) is 0 Å². The van der Waals surface area contributed by atoms with Crippen LogP contribution in [0.15, 0.2) is 24.3 Å². The van der Waals surface area contributed by atoms with E-state index in [0.29, 0.717) is 0 Å². The number of alkyl halides is 3. The average Bonchev–Trinajstić information content (AvgIpc) is 2.14. The van der Waals surface area contributed by atoms with E-state index in [-0.39, 0.29) is 10.6 Å². The monoisotopic (exact) mass is 233 g/mol. The summed E-state index contributed by atoms with van der Waals surface area (Å²) in [6.07, 6.45) is -5.53. The van der Waals surface area contributed by atoms with Crippen molar-refractivity contribution in [3.63, 3.8) is 0 Å². The zero-order valence-electron chi connectivity index (χ0n) is 7.55. The molecule has 0 heterocycles. The summed E-state index contributed by atoms with van der Waals surface area (Å²) < 4.78 is 36.3. The van der Waals surface area contributed by atoms with E-state index in [2.05, 4.69) is 0 Å². The lowest BCUT2D eigenvalue weighted by atomic mass is 9.97. The molecule has 0 N–H and O–H groups in total. The molecule has 5 heteroatoms. The van der Waals surface area contributed by atoms with Crippen LogP contribution in [0.3, 0.4) is 0 Å². The molecule has 1 aromatic rings. The van der Waals surface area contributed by atoms with Crippen LogP contribution in [0.1, 0.15) is 17.9 Å². The van der Waals surface area contributed by atoms with E-state index < -0.39 is 18.5 Å². The number of hydrogen-bond acceptors (Lipinski definition) is 1. The van der Waals surface area contributed by atoms with Crippen LogP contribution in [0.25, 0.3) is 0 Å². The van der Waals surface area contributed by atoms with Crippen LogP contribution >= 0.6 is 11.6 Å². The third-order valence-electron chi connectivity index (χ3n) is 1.87. The van der Waals surface area contributed by atoms with Crippen LogP contribution in [0.4, 0.5) is 13.2 Å². The minimum atomic E-state index is -4.36. The van der Waals surface area contributed by atoms with Crippen molar-refractivity contribution in [3.8, 4) is 6.07 Å². The molecule has 0 spiro atoms. The summed E-state index contributed by atoms with van der Waals surface area (Å²) in [7, 11) is 0. The Labute approximate surface area is 90.1 Å². The Morgan fingerprint density at radius 3 is 2.40 bits per heavy atom. The fourth-order valence-corrected chi connectivity index (χ4v) is 1.48. The van der Waals surface area contributed by atoms with Crippen molar-refractivity contribution in [2.75, 3.05) is 0 Å². The van der Waals surface area contributed by atoms with Crippen LogP contribution in [-0.2, 0) is 0 Å². The van der Waals surface area contributed by atoms with E-state index in [1.807, 2.05) is 0 Å². The molecule has 0 radical (unpaired) electrons.